The quantitative estimate of drug-likeness (QED) is 0.739. The summed E-state index contributed by atoms with van der Waals surface area (Å²) in [6.07, 6.45) is 4.05. The molecule has 1 atom stereocenters. The summed E-state index contributed by atoms with van der Waals surface area (Å²) < 4.78 is 5.36. The maximum absolute atomic E-state index is 12.1. The van der Waals surface area contributed by atoms with Crippen molar-refractivity contribution in [1.82, 2.24) is 0 Å². The van der Waals surface area contributed by atoms with Crippen LogP contribution in [0.3, 0.4) is 0 Å². The third kappa shape index (κ3) is 4.18. The van der Waals surface area contributed by atoms with Gasteiger partial charge in [0.15, 0.2) is 5.78 Å². The smallest absolute Gasteiger partial charge is 0.165 e. The van der Waals surface area contributed by atoms with Crippen LogP contribution >= 0.6 is 0 Å². The molecule has 0 heterocycles. The van der Waals surface area contributed by atoms with Crippen molar-refractivity contribution in [3.05, 3.63) is 77.9 Å². The minimum atomic E-state index is -0.206. The van der Waals surface area contributed by atoms with Gasteiger partial charge >= 0.3 is 0 Å². The number of benzene rings is 2. The maximum atomic E-state index is 12.1. The third-order valence-electron chi connectivity index (χ3n) is 3.09. The first-order chi connectivity index (χ1) is 9.79. The van der Waals surface area contributed by atoms with Crippen molar-refractivity contribution in [2.24, 2.45) is 0 Å². The molecule has 1 unspecified atom stereocenters. The summed E-state index contributed by atoms with van der Waals surface area (Å²) >= 11 is 0. The van der Waals surface area contributed by atoms with Crippen molar-refractivity contribution in [2.45, 2.75) is 12.5 Å². The van der Waals surface area contributed by atoms with Gasteiger partial charge in [-0.3, -0.25) is 4.79 Å². The zero-order valence-corrected chi connectivity index (χ0v) is 11.5. The van der Waals surface area contributed by atoms with Gasteiger partial charge in [0.2, 0.25) is 0 Å². The molecule has 2 heteroatoms. The van der Waals surface area contributed by atoms with Crippen molar-refractivity contribution in [1.29, 1.82) is 0 Å². The van der Waals surface area contributed by atoms with Crippen LogP contribution in [0.5, 0.6) is 0 Å². The van der Waals surface area contributed by atoms with E-state index in [-0.39, 0.29) is 11.9 Å². The molecule has 20 heavy (non-hydrogen) atoms. The highest BCUT2D eigenvalue weighted by atomic mass is 16.5. The number of Topliss-reactive ketones (excluding diaryl/α,β-unsaturated/α-hetero) is 1. The molecule has 0 aliphatic heterocycles. The Kier molecular flexibility index (Phi) is 5.27. The van der Waals surface area contributed by atoms with Gasteiger partial charge in [-0.25, -0.2) is 0 Å². The van der Waals surface area contributed by atoms with Crippen LogP contribution in [0.4, 0.5) is 0 Å². The minimum absolute atomic E-state index is 0.0927. The number of carbonyl (C=O) groups is 1. The molecule has 2 aromatic rings. The summed E-state index contributed by atoms with van der Waals surface area (Å²) in [5, 5.41) is 0. The number of ether oxygens (including phenoxy) is 1. The molecule has 2 aromatic carbocycles. The van der Waals surface area contributed by atoms with Gasteiger partial charge in [-0.1, -0.05) is 72.8 Å². The first kappa shape index (κ1) is 14.2. The first-order valence-corrected chi connectivity index (χ1v) is 6.64. The van der Waals surface area contributed by atoms with Crippen molar-refractivity contribution >= 4 is 11.9 Å². The number of hydrogen-bond donors (Lipinski definition) is 0. The second-order valence-electron chi connectivity index (χ2n) is 4.54. The zero-order valence-electron chi connectivity index (χ0n) is 11.5. The Morgan fingerprint density at radius 1 is 1.05 bits per heavy atom. The van der Waals surface area contributed by atoms with Gasteiger partial charge in [0.1, 0.15) is 0 Å². The van der Waals surface area contributed by atoms with Crippen LogP contribution in [-0.2, 0) is 4.74 Å². The van der Waals surface area contributed by atoms with E-state index in [0.29, 0.717) is 6.42 Å². The Morgan fingerprint density at radius 3 is 2.25 bits per heavy atom. The van der Waals surface area contributed by atoms with Crippen molar-refractivity contribution in [2.75, 3.05) is 7.11 Å². The number of methoxy groups -OCH3 is 1. The highest BCUT2D eigenvalue weighted by Crippen LogP contribution is 2.10. The second kappa shape index (κ2) is 7.41. The van der Waals surface area contributed by atoms with E-state index in [1.165, 1.54) is 0 Å². The molecule has 0 N–H and O–H groups in total. The molecule has 0 radical (unpaired) electrons. The van der Waals surface area contributed by atoms with Gasteiger partial charge in [-0.15, -0.1) is 0 Å². The number of hydrogen-bond acceptors (Lipinski definition) is 2. The molecule has 0 bridgehead atoms. The average Bonchev–Trinajstić information content (AvgIpc) is 2.53. The molecule has 0 aliphatic carbocycles. The van der Waals surface area contributed by atoms with Crippen molar-refractivity contribution in [3.63, 3.8) is 0 Å². The van der Waals surface area contributed by atoms with Crippen LogP contribution in [0.2, 0.25) is 0 Å². The van der Waals surface area contributed by atoms with E-state index in [0.717, 1.165) is 11.1 Å². The van der Waals surface area contributed by atoms with Gasteiger partial charge < -0.3 is 4.74 Å². The summed E-state index contributed by atoms with van der Waals surface area (Å²) in [7, 11) is 1.62. The average molecular weight is 266 g/mol. The summed E-state index contributed by atoms with van der Waals surface area (Å²) in [6, 6.07) is 19.3. The van der Waals surface area contributed by atoms with E-state index in [9.17, 15) is 4.79 Å². The molecule has 2 nitrogen and oxygen atoms in total. The molecule has 0 spiro atoms. The van der Waals surface area contributed by atoms with Crippen LogP contribution < -0.4 is 0 Å². The van der Waals surface area contributed by atoms with E-state index in [1.54, 1.807) is 7.11 Å². The molecule has 102 valence electrons. The second-order valence-corrected chi connectivity index (χ2v) is 4.54. The largest absolute Gasteiger partial charge is 0.377 e. The van der Waals surface area contributed by atoms with E-state index in [4.69, 9.17) is 4.74 Å². The van der Waals surface area contributed by atoms with Crippen molar-refractivity contribution in [3.8, 4) is 0 Å². The Morgan fingerprint density at radius 2 is 1.65 bits per heavy atom. The van der Waals surface area contributed by atoms with E-state index < -0.39 is 0 Å². The number of carbonyl (C=O) groups excluding carboxylic acids is 1. The topological polar surface area (TPSA) is 26.3 Å². The van der Waals surface area contributed by atoms with Crippen LogP contribution in [-0.4, -0.2) is 19.0 Å². The lowest BCUT2D eigenvalue weighted by atomic mass is 10.0. The molecule has 0 saturated heterocycles. The number of ketones is 1. The maximum Gasteiger partial charge on any atom is 0.165 e. The van der Waals surface area contributed by atoms with Gasteiger partial charge in [0.25, 0.3) is 0 Å². The van der Waals surface area contributed by atoms with Crippen LogP contribution in [0.25, 0.3) is 6.08 Å². The standard InChI is InChI=1S/C18H18O2/c1-20-17(13-12-15-8-4-2-5-9-15)14-18(19)16-10-6-3-7-11-16/h2-13,17H,14H2,1H3/b13-12+. The Bertz CT molecular complexity index is 558. The van der Waals surface area contributed by atoms with E-state index in [1.807, 2.05) is 72.8 Å². The van der Waals surface area contributed by atoms with Gasteiger partial charge in [0, 0.05) is 19.1 Å². The van der Waals surface area contributed by atoms with E-state index >= 15 is 0 Å². The van der Waals surface area contributed by atoms with Gasteiger partial charge in [-0.2, -0.15) is 0 Å². The van der Waals surface area contributed by atoms with E-state index in [2.05, 4.69) is 0 Å². The monoisotopic (exact) mass is 266 g/mol. The highest BCUT2D eigenvalue weighted by Gasteiger charge is 2.11. The highest BCUT2D eigenvalue weighted by molar-refractivity contribution is 5.96. The molecular formula is C18H18O2. The zero-order chi connectivity index (χ0) is 14.2. The fraction of sp³-hybridized carbons (Fsp3) is 0.167. The van der Waals surface area contributed by atoms with Gasteiger partial charge in [-0.05, 0) is 5.56 Å². The number of rotatable bonds is 6. The first-order valence-electron chi connectivity index (χ1n) is 6.64. The lowest BCUT2D eigenvalue weighted by Gasteiger charge is -2.10. The predicted octanol–water partition coefficient (Wildman–Crippen LogP) is 3.99. The normalized spacial score (nSPS) is 12.4. The molecule has 0 aliphatic rings. The van der Waals surface area contributed by atoms with Gasteiger partial charge in [0.05, 0.1) is 6.10 Å². The predicted molar refractivity (Wildman–Crippen MR) is 81.7 cm³/mol. The van der Waals surface area contributed by atoms with Crippen LogP contribution in [0, 0.1) is 0 Å². The third-order valence-corrected chi connectivity index (χ3v) is 3.09. The van der Waals surface area contributed by atoms with Crippen molar-refractivity contribution < 1.29 is 9.53 Å². The van der Waals surface area contributed by atoms with Crippen LogP contribution in [0.15, 0.2) is 66.7 Å². The summed E-state index contributed by atoms with van der Waals surface area (Å²) in [5.74, 6) is 0.0927. The lowest BCUT2D eigenvalue weighted by molar-refractivity contribution is 0.0854. The molecular weight excluding hydrogens is 248 g/mol. The minimum Gasteiger partial charge on any atom is -0.377 e. The molecule has 0 fully saturated rings. The Labute approximate surface area is 119 Å². The molecule has 0 amide bonds. The SMILES string of the molecule is COC(/C=C/c1ccccc1)CC(=O)c1ccccc1. The lowest BCUT2D eigenvalue weighted by Crippen LogP contribution is -2.13. The van der Waals surface area contributed by atoms with Crippen LogP contribution in [0.1, 0.15) is 22.3 Å². The molecule has 2 rings (SSSR count). The fourth-order valence-corrected chi connectivity index (χ4v) is 1.94. The summed E-state index contributed by atoms with van der Waals surface area (Å²) in [6.45, 7) is 0. The molecule has 0 saturated carbocycles. The Balaban J connectivity index is 1.99. The fourth-order valence-electron chi connectivity index (χ4n) is 1.94. The Hall–Kier alpha value is -2.19. The summed E-state index contributed by atoms with van der Waals surface area (Å²) in [5.41, 5.74) is 1.82. The summed E-state index contributed by atoms with van der Waals surface area (Å²) in [4.78, 5) is 12.1. The molecule has 0 aromatic heterocycles.